The van der Waals surface area contributed by atoms with Gasteiger partial charge in [-0.25, -0.2) is 0 Å². The lowest BCUT2D eigenvalue weighted by molar-refractivity contribution is 0.0995. The van der Waals surface area contributed by atoms with Crippen LogP contribution in [0.3, 0.4) is 0 Å². The lowest BCUT2D eigenvalue weighted by atomic mass is 10.4. The molecule has 3 nitrogen and oxygen atoms in total. The van der Waals surface area contributed by atoms with Crippen LogP contribution in [0, 0.1) is 11.3 Å². The molecule has 0 bridgehead atoms. The van der Waals surface area contributed by atoms with Crippen LogP contribution in [-0.4, -0.2) is 36.4 Å². The maximum absolute atomic E-state index is 9.83. The second kappa shape index (κ2) is 10.1. The van der Waals surface area contributed by atoms with Crippen molar-refractivity contribution in [2.45, 2.75) is 47.0 Å². The van der Waals surface area contributed by atoms with Crippen LogP contribution in [0.4, 0.5) is 0 Å². The van der Waals surface area contributed by atoms with E-state index in [1.165, 1.54) is 18.5 Å². The Balaban J connectivity index is 5.15. The Morgan fingerprint density at radius 3 is 1.84 bits per heavy atom. The third-order valence-corrected chi connectivity index (χ3v) is 8.44. The van der Waals surface area contributed by atoms with Crippen LogP contribution in [0.25, 0.3) is 0 Å². The van der Waals surface area contributed by atoms with Gasteiger partial charge in [0.25, 0.3) is 5.95 Å². The number of allylic oxidation sites excluding steroid dienone is 1. The predicted molar refractivity (Wildman–Crippen MR) is 84.2 cm³/mol. The molecule has 19 heavy (non-hydrogen) atoms. The number of rotatable bonds is 10. The minimum atomic E-state index is -1.17. The van der Waals surface area contributed by atoms with Gasteiger partial charge in [-0.2, -0.15) is 5.26 Å². The fourth-order valence-corrected chi connectivity index (χ4v) is 7.57. The molecule has 0 aliphatic carbocycles. The maximum atomic E-state index is 9.83. The number of aliphatic hydroxyl groups is 1. The lowest BCUT2D eigenvalue weighted by Gasteiger charge is -2.26. The fraction of sp³-hybridized carbons (Fsp3) is 0.800. The van der Waals surface area contributed by atoms with Gasteiger partial charge in [0.2, 0.25) is 0 Å². The highest BCUT2D eigenvalue weighted by Crippen LogP contribution is 2.61. The summed E-state index contributed by atoms with van der Waals surface area (Å²) in [4.78, 5) is 0. The molecule has 0 atom stereocenters. The van der Waals surface area contributed by atoms with Crippen LogP contribution in [0.2, 0.25) is 0 Å². The van der Waals surface area contributed by atoms with Crippen molar-refractivity contribution in [2.24, 2.45) is 0 Å². The summed E-state index contributed by atoms with van der Waals surface area (Å²) in [5, 5.41) is 19.1. The molecule has 0 rings (SSSR count). The molecule has 0 aromatic heterocycles. The standard InChI is InChI=1S/C15H28NO2P/c1-5-9-19(10-6-2,11-7-3)13-14(12-16)15(17)18-8-4/h5-11,13H2,1-4H3/p+1/b15-14+. The summed E-state index contributed by atoms with van der Waals surface area (Å²) in [6, 6.07) is 2.15. The molecule has 0 fully saturated rings. The molecule has 0 amide bonds. The summed E-state index contributed by atoms with van der Waals surface area (Å²) in [6.45, 7) is 8.84. The van der Waals surface area contributed by atoms with Gasteiger partial charge in [-0.1, -0.05) is 20.8 Å². The van der Waals surface area contributed by atoms with Crippen molar-refractivity contribution in [3.63, 3.8) is 0 Å². The van der Waals surface area contributed by atoms with Crippen molar-refractivity contribution < 1.29 is 9.84 Å². The smallest absolute Gasteiger partial charge is 0.294 e. The first kappa shape index (κ1) is 18.3. The Kier molecular flexibility index (Phi) is 9.70. The first-order chi connectivity index (χ1) is 9.09. The molecule has 0 aliphatic rings. The summed E-state index contributed by atoms with van der Waals surface area (Å²) >= 11 is 0. The number of hydrogen-bond acceptors (Lipinski definition) is 3. The van der Waals surface area contributed by atoms with E-state index in [4.69, 9.17) is 4.74 Å². The average molecular weight is 286 g/mol. The second-order valence-corrected chi connectivity index (χ2v) is 9.34. The highest BCUT2D eigenvalue weighted by molar-refractivity contribution is 7.76. The van der Waals surface area contributed by atoms with Gasteiger partial charge in [-0.15, -0.1) is 0 Å². The van der Waals surface area contributed by atoms with Crippen LogP contribution in [0.5, 0.6) is 0 Å². The van der Waals surface area contributed by atoms with Gasteiger partial charge >= 0.3 is 0 Å². The van der Waals surface area contributed by atoms with E-state index >= 15 is 0 Å². The largest absolute Gasteiger partial charge is 0.480 e. The zero-order chi connectivity index (χ0) is 14.7. The van der Waals surface area contributed by atoms with Gasteiger partial charge in [0, 0.05) is 7.26 Å². The van der Waals surface area contributed by atoms with Gasteiger partial charge in [0.15, 0.2) is 0 Å². The zero-order valence-electron chi connectivity index (χ0n) is 12.9. The van der Waals surface area contributed by atoms with E-state index < -0.39 is 7.26 Å². The SMILES string of the molecule is CCC[P+](CCC)(CCC)C/C(C#N)=C(\O)OCC. The van der Waals surface area contributed by atoms with Crippen LogP contribution >= 0.6 is 7.26 Å². The van der Waals surface area contributed by atoms with E-state index in [-0.39, 0.29) is 5.95 Å². The van der Waals surface area contributed by atoms with E-state index in [1.807, 2.05) is 6.92 Å². The third kappa shape index (κ3) is 6.30. The highest BCUT2D eigenvalue weighted by atomic mass is 31.2. The van der Waals surface area contributed by atoms with E-state index in [0.717, 1.165) is 25.4 Å². The monoisotopic (exact) mass is 286 g/mol. The van der Waals surface area contributed by atoms with E-state index in [2.05, 4.69) is 26.8 Å². The molecule has 4 heteroatoms. The fourth-order valence-electron chi connectivity index (χ4n) is 2.71. The van der Waals surface area contributed by atoms with Crippen molar-refractivity contribution in [3.05, 3.63) is 11.5 Å². The zero-order valence-corrected chi connectivity index (χ0v) is 13.8. The number of ether oxygens (including phenoxy) is 1. The summed E-state index contributed by atoms with van der Waals surface area (Å²) in [5.41, 5.74) is 0.450. The van der Waals surface area contributed by atoms with Crippen molar-refractivity contribution in [1.82, 2.24) is 0 Å². The van der Waals surface area contributed by atoms with Crippen molar-refractivity contribution in [1.29, 1.82) is 5.26 Å². The van der Waals surface area contributed by atoms with Crippen LogP contribution < -0.4 is 0 Å². The van der Waals surface area contributed by atoms with Gasteiger partial charge in [-0.05, 0) is 26.2 Å². The molecule has 0 aromatic carbocycles. The summed E-state index contributed by atoms with van der Waals surface area (Å²) in [6.07, 6.45) is 7.83. The van der Waals surface area contributed by atoms with E-state index in [0.29, 0.717) is 12.2 Å². The molecule has 0 saturated carbocycles. The number of aliphatic hydroxyl groups excluding tert-OH is 1. The molecule has 0 unspecified atom stereocenters. The Labute approximate surface area is 119 Å². The molecule has 0 saturated heterocycles. The molecule has 1 N–H and O–H groups in total. The highest BCUT2D eigenvalue weighted by Gasteiger charge is 2.37. The van der Waals surface area contributed by atoms with Crippen molar-refractivity contribution in [2.75, 3.05) is 31.3 Å². The minimum absolute atomic E-state index is 0.155. The van der Waals surface area contributed by atoms with Gasteiger partial charge in [0.1, 0.15) is 17.8 Å². The average Bonchev–Trinajstić information content (AvgIpc) is 2.37. The summed E-state index contributed by atoms with van der Waals surface area (Å²) in [5.74, 6) is -0.155. The number of nitriles is 1. The van der Waals surface area contributed by atoms with E-state index in [1.54, 1.807) is 0 Å². The molecule has 0 spiro atoms. The first-order valence-electron chi connectivity index (χ1n) is 7.39. The maximum Gasteiger partial charge on any atom is 0.294 e. The Morgan fingerprint density at radius 1 is 1.05 bits per heavy atom. The number of nitrogens with zero attached hydrogens (tertiary/aromatic N) is 1. The first-order valence-corrected chi connectivity index (χ1v) is 9.92. The minimum Gasteiger partial charge on any atom is -0.480 e. The predicted octanol–water partition coefficient (Wildman–Crippen LogP) is 4.56. The number of hydrogen-bond donors (Lipinski definition) is 1. The second-order valence-electron chi connectivity index (χ2n) is 5.00. The van der Waals surface area contributed by atoms with Crippen molar-refractivity contribution in [3.8, 4) is 6.07 Å². The Bertz CT molecular complexity index is 304. The molecule has 0 aromatic rings. The molecule has 0 heterocycles. The topological polar surface area (TPSA) is 53.2 Å². The van der Waals surface area contributed by atoms with Gasteiger partial charge in [0.05, 0.1) is 25.1 Å². The van der Waals surface area contributed by atoms with Gasteiger partial charge < -0.3 is 9.84 Å². The summed E-state index contributed by atoms with van der Waals surface area (Å²) in [7, 11) is -1.17. The molecule has 0 radical (unpaired) electrons. The van der Waals surface area contributed by atoms with Crippen molar-refractivity contribution >= 4 is 7.26 Å². The Hall–Kier alpha value is -0.740. The van der Waals surface area contributed by atoms with Gasteiger partial charge in [-0.3, -0.25) is 0 Å². The Morgan fingerprint density at radius 2 is 1.53 bits per heavy atom. The molecular weight excluding hydrogens is 257 g/mol. The molecule has 0 aliphatic heterocycles. The van der Waals surface area contributed by atoms with E-state index in [9.17, 15) is 10.4 Å². The molecular formula is C15H29NO2P+. The van der Waals surface area contributed by atoms with Crippen LogP contribution in [0.15, 0.2) is 11.5 Å². The van der Waals surface area contributed by atoms with Crippen LogP contribution in [-0.2, 0) is 4.74 Å². The lowest BCUT2D eigenvalue weighted by Crippen LogP contribution is -2.14. The van der Waals surface area contributed by atoms with Crippen LogP contribution in [0.1, 0.15) is 47.0 Å². The summed E-state index contributed by atoms with van der Waals surface area (Å²) < 4.78 is 5.11. The quantitative estimate of drug-likeness (QED) is 0.364. The normalized spacial score (nSPS) is 12.8. The third-order valence-electron chi connectivity index (χ3n) is 3.26. The molecule has 110 valence electrons.